The predicted octanol–water partition coefficient (Wildman–Crippen LogP) is 3.05. The number of ether oxygens (including phenoxy) is 1. The van der Waals surface area contributed by atoms with Crippen LogP contribution in [0.1, 0.15) is 18.9 Å². The summed E-state index contributed by atoms with van der Waals surface area (Å²) in [5.74, 6) is 1.47. The molecule has 1 aliphatic rings. The van der Waals surface area contributed by atoms with E-state index in [2.05, 4.69) is 15.6 Å². The van der Waals surface area contributed by atoms with Gasteiger partial charge in [0.05, 0.1) is 13.7 Å². The molecule has 2 rings (SSSR count). The first-order valence-electron chi connectivity index (χ1n) is 8.87. The third-order valence-corrected chi connectivity index (χ3v) is 4.20. The second-order valence-corrected chi connectivity index (χ2v) is 6.30. The number of likely N-dealkylation sites (tertiary alicyclic amines) is 1. The molecule has 0 saturated carbocycles. The largest absolute Gasteiger partial charge is 0.496 e. The number of nitrogens with zero attached hydrogens (tertiary/aromatic N) is 2. The highest BCUT2D eigenvalue weighted by Crippen LogP contribution is 2.20. The molecule has 9 heteroatoms. The maximum absolute atomic E-state index is 12.5. The minimum atomic E-state index is -4.15. The molecule has 154 valence electrons. The molecule has 0 amide bonds. The van der Waals surface area contributed by atoms with E-state index in [0.29, 0.717) is 38.6 Å². The number of benzene rings is 1. The summed E-state index contributed by atoms with van der Waals surface area (Å²) in [7, 11) is 1.64. The van der Waals surface area contributed by atoms with Crippen LogP contribution in [0.3, 0.4) is 0 Å². The molecule has 1 heterocycles. The van der Waals surface area contributed by atoms with Gasteiger partial charge in [0.15, 0.2) is 5.96 Å². The van der Waals surface area contributed by atoms with Crippen molar-refractivity contribution < 1.29 is 17.9 Å². The molecule has 1 fully saturated rings. The molecule has 0 aliphatic carbocycles. The quantitative estimate of drug-likeness (QED) is 0.344. The Morgan fingerprint density at radius 2 is 2.07 bits per heavy atom. The standard InChI is InChI=1S/C18H27F3N4O.HI/c1-3-22-17(23-10-8-14-6-4-5-7-16(14)26-2)24-15-9-11-25(12-15)13-18(19,20)21;/h4-7,15H,3,8-13H2,1-2H3,(H2,22,23,24);1H. The first-order chi connectivity index (χ1) is 12.4. The normalized spacial score (nSPS) is 18.1. The molecule has 27 heavy (non-hydrogen) atoms. The number of rotatable bonds is 7. The maximum Gasteiger partial charge on any atom is 0.401 e. The smallest absolute Gasteiger partial charge is 0.401 e. The SMILES string of the molecule is CCNC(=NCCc1ccccc1OC)NC1CCN(CC(F)(F)F)C1.I. The van der Waals surface area contributed by atoms with E-state index in [-0.39, 0.29) is 30.0 Å². The summed E-state index contributed by atoms with van der Waals surface area (Å²) in [6, 6.07) is 7.76. The Balaban J connectivity index is 0.00000364. The fourth-order valence-electron chi connectivity index (χ4n) is 3.06. The number of methoxy groups -OCH3 is 1. The summed E-state index contributed by atoms with van der Waals surface area (Å²) < 4.78 is 42.8. The molecule has 5 nitrogen and oxygen atoms in total. The van der Waals surface area contributed by atoms with Gasteiger partial charge < -0.3 is 15.4 Å². The Kier molecular flexibility index (Phi) is 10.2. The van der Waals surface area contributed by atoms with Crippen LogP contribution in [-0.2, 0) is 6.42 Å². The number of hydrogen-bond acceptors (Lipinski definition) is 3. The van der Waals surface area contributed by atoms with Crippen LogP contribution in [0.5, 0.6) is 5.75 Å². The molecule has 1 atom stereocenters. The molecule has 1 aromatic rings. The highest BCUT2D eigenvalue weighted by molar-refractivity contribution is 14.0. The summed E-state index contributed by atoms with van der Waals surface area (Å²) in [4.78, 5) is 5.97. The Morgan fingerprint density at radius 1 is 1.33 bits per heavy atom. The Labute approximate surface area is 175 Å². The van der Waals surface area contributed by atoms with Gasteiger partial charge in [-0.25, -0.2) is 0 Å². The van der Waals surface area contributed by atoms with Gasteiger partial charge in [-0.2, -0.15) is 13.2 Å². The Morgan fingerprint density at radius 3 is 2.74 bits per heavy atom. The Hall–Kier alpha value is -1.23. The van der Waals surface area contributed by atoms with Gasteiger partial charge in [-0.3, -0.25) is 9.89 Å². The van der Waals surface area contributed by atoms with Crippen molar-refractivity contribution in [2.75, 3.05) is 39.8 Å². The lowest BCUT2D eigenvalue weighted by Gasteiger charge is -2.19. The van der Waals surface area contributed by atoms with Crippen molar-refractivity contribution in [1.29, 1.82) is 0 Å². The first kappa shape index (κ1) is 23.8. The summed E-state index contributed by atoms with van der Waals surface area (Å²) in [5, 5.41) is 6.40. The number of halogens is 4. The summed E-state index contributed by atoms with van der Waals surface area (Å²) in [6.45, 7) is 3.18. The van der Waals surface area contributed by atoms with Crippen molar-refractivity contribution in [3.8, 4) is 5.75 Å². The molecule has 0 radical (unpaired) electrons. The zero-order chi connectivity index (χ0) is 19.0. The number of nitrogens with one attached hydrogen (secondary N) is 2. The fraction of sp³-hybridized carbons (Fsp3) is 0.611. The molecule has 1 saturated heterocycles. The van der Waals surface area contributed by atoms with E-state index >= 15 is 0 Å². The van der Waals surface area contributed by atoms with E-state index < -0.39 is 12.7 Å². The second-order valence-electron chi connectivity index (χ2n) is 6.30. The van der Waals surface area contributed by atoms with Gasteiger partial charge in [-0.05, 0) is 31.4 Å². The lowest BCUT2D eigenvalue weighted by atomic mass is 10.1. The third kappa shape index (κ3) is 8.54. The van der Waals surface area contributed by atoms with E-state index in [0.717, 1.165) is 17.7 Å². The topological polar surface area (TPSA) is 48.9 Å². The van der Waals surface area contributed by atoms with Crippen LogP contribution in [0.25, 0.3) is 0 Å². The minimum absolute atomic E-state index is 0. The first-order valence-corrected chi connectivity index (χ1v) is 8.87. The van der Waals surface area contributed by atoms with Crippen LogP contribution in [0.4, 0.5) is 13.2 Å². The van der Waals surface area contributed by atoms with E-state index in [9.17, 15) is 13.2 Å². The van der Waals surface area contributed by atoms with Gasteiger partial charge in [-0.1, -0.05) is 18.2 Å². The predicted molar refractivity (Wildman–Crippen MR) is 112 cm³/mol. The van der Waals surface area contributed by atoms with E-state index in [4.69, 9.17) is 4.74 Å². The van der Waals surface area contributed by atoms with Crippen LogP contribution in [0, 0.1) is 0 Å². The molecule has 0 spiro atoms. The molecule has 1 unspecified atom stereocenters. The van der Waals surface area contributed by atoms with Crippen LogP contribution in [0.2, 0.25) is 0 Å². The fourth-order valence-corrected chi connectivity index (χ4v) is 3.06. The Bertz CT molecular complexity index is 598. The number of hydrogen-bond donors (Lipinski definition) is 2. The van der Waals surface area contributed by atoms with Gasteiger partial charge in [0, 0.05) is 32.2 Å². The number of para-hydroxylation sites is 1. The second kappa shape index (κ2) is 11.6. The molecule has 2 N–H and O–H groups in total. The summed E-state index contributed by atoms with van der Waals surface area (Å²) in [6.07, 6.45) is -2.75. The molecular weight excluding hydrogens is 472 g/mol. The lowest BCUT2D eigenvalue weighted by Crippen LogP contribution is -2.45. The number of aliphatic imine (C=N–C) groups is 1. The van der Waals surface area contributed by atoms with Gasteiger partial charge in [0.2, 0.25) is 0 Å². The molecule has 0 bridgehead atoms. The maximum atomic E-state index is 12.5. The number of guanidine groups is 1. The van der Waals surface area contributed by atoms with Crippen molar-refractivity contribution in [3.05, 3.63) is 29.8 Å². The number of alkyl halides is 3. The monoisotopic (exact) mass is 500 g/mol. The molecule has 1 aromatic carbocycles. The third-order valence-electron chi connectivity index (χ3n) is 4.20. The summed E-state index contributed by atoms with van der Waals surface area (Å²) >= 11 is 0. The molecular formula is C18H28F3IN4O. The zero-order valence-corrected chi connectivity index (χ0v) is 18.0. The van der Waals surface area contributed by atoms with Crippen LogP contribution >= 0.6 is 24.0 Å². The minimum Gasteiger partial charge on any atom is -0.496 e. The van der Waals surface area contributed by atoms with E-state index in [1.54, 1.807) is 7.11 Å². The highest BCUT2D eigenvalue weighted by atomic mass is 127. The van der Waals surface area contributed by atoms with Crippen LogP contribution < -0.4 is 15.4 Å². The van der Waals surface area contributed by atoms with E-state index in [1.165, 1.54) is 4.90 Å². The molecule has 0 aromatic heterocycles. The van der Waals surface area contributed by atoms with Gasteiger partial charge in [-0.15, -0.1) is 24.0 Å². The zero-order valence-electron chi connectivity index (χ0n) is 15.7. The van der Waals surface area contributed by atoms with Crippen LogP contribution in [-0.4, -0.2) is 62.9 Å². The van der Waals surface area contributed by atoms with Gasteiger partial charge in [0.25, 0.3) is 0 Å². The van der Waals surface area contributed by atoms with Crippen molar-refractivity contribution in [2.45, 2.75) is 32.0 Å². The highest BCUT2D eigenvalue weighted by Gasteiger charge is 2.34. The van der Waals surface area contributed by atoms with Crippen molar-refractivity contribution in [3.63, 3.8) is 0 Å². The van der Waals surface area contributed by atoms with Gasteiger partial charge >= 0.3 is 6.18 Å². The van der Waals surface area contributed by atoms with E-state index in [1.807, 2.05) is 31.2 Å². The lowest BCUT2D eigenvalue weighted by molar-refractivity contribution is -0.143. The average Bonchev–Trinajstić information content (AvgIpc) is 3.00. The van der Waals surface area contributed by atoms with Crippen molar-refractivity contribution in [2.24, 2.45) is 4.99 Å². The van der Waals surface area contributed by atoms with Crippen molar-refractivity contribution >= 4 is 29.9 Å². The average molecular weight is 500 g/mol. The molecule has 1 aliphatic heterocycles. The van der Waals surface area contributed by atoms with Crippen LogP contribution in [0.15, 0.2) is 29.3 Å². The van der Waals surface area contributed by atoms with Gasteiger partial charge in [0.1, 0.15) is 5.75 Å². The summed E-state index contributed by atoms with van der Waals surface area (Å²) in [5.41, 5.74) is 1.08. The van der Waals surface area contributed by atoms with Crippen molar-refractivity contribution in [1.82, 2.24) is 15.5 Å².